The van der Waals surface area contributed by atoms with Crippen LogP contribution in [0.15, 0.2) is 42.5 Å². The summed E-state index contributed by atoms with van der Waals surface area (Å²) in [7, 11) is 1.49. The summed E-state index contributed by atoms with van der Waals surface area (Å²) in [5.74, 6) is 0.278. The fourth-order valence-electron chi connectivity index (χ4n) is 3.23. The minimum absolute atomic E-state index is 0.0983. The zero-order chi connectivity index (χ0) is 21.5. The van der Waals surface area contributed by atoms with Gasteiger partial charge in [0, 0.05) is 24.2 Å². The third-order valence-corrected chi connectivity index (χ3v) is 4.73. The van der Waals surface area contributed by atoms with Gasteiger partial charge in [0.25, 0.3) is 5.91 Å². The molecular weight excluding hydrogens is 386 g/mol. The molecule has 2 aromatic carbocycles. The van der Waals surface area contributed by atoms with Crippen molar-refractivity contribution in [3.05, 3.63) is 53.6 Å². The van der Waals surface area contributed by atoms with Crippen LogP contribution >= 0.6 is 0 Å². The highest BCUT2D eigenvalue weighted by Gasteiger charge is 2.21. The van der Waals surface area contributed by atoms with E-state index in [4.69, 9.17) is 9.47 Å². The van der Waals surface area contributed by atoms with Crippen LogP contribution in [0, 0.1) is 0 Å². The van der Waals surface area contributed by atoms with Crippen LogP contribution in [0.1, 0.15) is 35.7 Å². The Morgan fingerprint density at radius 3 is 2.47 bits per heavy atom. The van der Waals surface area contributed by atoms with E-state index in [1.807, 2.05) is 19.1 Å². The lowest BCUT2D eigenvalue weighted by Crippen LogP contribution is -2.42. The molecule has 30 heavy (non-hydrogen) atoms. The smallest absolute Gasteiger partial charge is 0.269 e. The Morgan fingerprint density at radius 1 is 1.07 bits per heavy atom. The minimum Gasteiger partial charge on any atom is -0.493 e. The number of carbonyl (C=O) groups is 3. The highest BCUT2D eigenvalue weighted by Crippen LogP contribution is 2.28. The third kappa shape index (κ3) is 5.08. The monoisotopic (exact) mass is 411 g/mol. The Kier molecular flexibility index (Phi) is 6.90. The Labute approximate surface area is 175 Å². The van der Waals surface area contributed by atoms with E-state index in [2.05, 4.69) is 10.9 Å². The molecule has 3 rings (SSSR count). The number of hydrogen-bond acceptors (Lipinski definition) is 5. The first-order chi connectivity index (χ1) is 14.5. The molecule has 1 heterocycles. The molecule has 1 saturated heterocycles. The van der Waals surface area contributed by atoms with Crippen LogP contribution in [0.5, 0.6) is 11.5 Å². The zero-order valence-electron chi connectivity index (χ0n) is 17.1. The van der Waals surface area contributed by atoms with Gasteiger partial charge in [0.1, 0.15) is 0 Å². The number of methoxy groups -OCH3 is 1. The fraction of sp³-hybridized carbons (Fsp3) is 0.318. The SMILES string of the molecule is CCOc1ccc(C(=O)NNC(=O)Cc2ccc(N3CCCC3=O)cc2)cc1OC. The van der Waals surface area contributed by atoms with Crippen molar-refractivity contribution in [2.75, 3.05) is 25.2 Å². The van der Waals surface area contributed by atoms with Crippen molar-refractivity contribution in [3.63, 3.8) is 0 Å². The molecule has 0 spiro atoms. The van der Waals surface area contributed by atoms with Gasteiger partial charge in [-0.1, -0.05) is 12.1 Å². The summed E-state index contributed by atoms with van der Waals surface area (Å²) in [6, 6.07) is 12.1. The lowest BCUT2D eigenvalue weighted by atomic mass is 10.1. The van der Waals surface area contributed by atoms with E-state index >= 15 is 0 Å². The lowest BCUT2D eigenvalue weighted by Gasteiger charge is -2.16. The number of hydrazine groups is 1. The molecule has 0 bridgehead atoms. The van der Waals surface area contributed by atoms with Crippen molar-refractivity contribution in [1.29, 1.82) is 0 Å². The van der Waals surface area contributed by atoms with Crippen molar-refractivity contribution in [3.8, 4) is 11.5 Å². The maximum atomic E-state index is 12.3. The van der Waals surface area contributed by atoms with Gasteiger partial charge in [-0.15, -0.1) is 0 Å². The number of rotatable bonds is 7. The molecule has 0 radical (unpaired) electrons. The molecule has 1 aliphatic heterocycles. The van der Waals surface area contributed by atoms with Gasteiger partial charge in [-0.05, 0) is 49.2 Å². The van der Waals surface area contributed by atoms with E-state index in [9.17, 15) is 14.4 Å². The number of ether oxygens (including phenoxy) is 2. The van der Waals surface area contributed by atoms with Crippen LogP contribution in [0.4, 0.5) is 5.69 Å². The van der Waals surface area contributed by atoms with Crippen LogP contribution in [0.25, 0.3) is 0 Å². The first kappa shape index (κ1) is 21.2. The molecule has 0 aliphatic carbocycles. The van der Waals surface area contributed by atoms with Crippen molar-refractivity contribution >= 4 is 23.4 Å². The van der Waals surface area contributed by atoms with E-state index in [0.29, 0.717) is 30.1 Å². The van der Waals surface area contributed by atoms with Crippen LogP contribution in [0.3, 0.4) is 0 Å². The van der Waals surface area contributed by atoms with Gasteiger partial charge in [0.2, 0.25) is 11.8 Å². The first-order valence-corrected chi connectivity index (χ1v) is 9.81. The van der Waals surface area contributed by atoms with Crippen LogP contribution in [-0.2, 0) is 16.0 Å². The standard InChI is InChI=1S/C22H25N3O5/c1-3-30-18-11-8-16(14-19(18)29-2)22(28)24-23-20(26)13-15-6-9-17(10-7-15)25-12-4-5-21(25)27/h6-11,14H,3-5,12-13H2,1-2H3,(H,23,26)(H,24,28). The molecule has 1 aliphatic rings. The van der Waals surface area contributed by atoms with Crippen molar-refractivity contribution in [2.24, 2.45) is 0 Å². The number of anilines is 1. The van der Waals surface area contributed by atoms with Gasteiger partial charge in [0.15, 0.2) is 11.5 Å². The fourth-order valence-corrected chi connectivity index (χ4v) is 3.23. The maximum Gasteiger partial charge on any atom is 0.269 e. The number of carbonyl (C=O) groups excluding carboxylic acids is 3. The molecule has 8 nitrogen and oxygen atoms in total. The molecule has 8 heteroatoms. The summed E-state index contributed by atoms with van der Waals surface area (Å²) in [6.45, 7) is 3.06. The van der Waals surface area contributed by atoms with Crippen LogP contribution in [0.2, 0.25) is 0 Å². The van der Waals surface area contributed by atoms with Gasteiger partial charge < -0.3 is 14.4 Å². The summed E-state index contributed by atoms with van der Waals surface area (Å²) in [5.41, 5.74) is 6.74. The number of benzene rings is 2. The Morgan fingerprint density at radius 2 is 1.83 bits per heavy atom. The number of nitrogens with zero attached hydrogens (tertiary/aromatic N) is 1. The second-order valence-corrected chi connectivity index (χ2v) is 6.79. The first-order valence-electron chi connectivity index (χ1n) is 9.81. The van der Waals surface area contributed by atoms with Gasteiger partial charge >= 0.3 is 0 Å². The molecule has 0 saturated carbocycles. The molecular formula is C22H25N3O5. The Hall–Kier alpha value is -3.55. The maximum absolute atomic E-state index is 12.3. The Balaban J connectivity index is 1.53. The zero-order valence-corrected chi connectivity index (χ0v) is 17.1. The molecule has 3 amide bonds. The molecule has 0 aromatic heterocycles. The largest absolute Gasteiger partial charge is 0.493 e. The van der Waals surface area contributed by atoms with Crippen molar-refractivity contribution < 1.29 is 23.9 Å². The highest BCUT2D eigenvalue weighted by molar-refractivity contribution is 5.96. The molecule has 2 aromatic rings. The van der Waals surface area contributed by atoms with E-state index < -0.39 is 5.91 Å². The van der Waals surface area contributed by atoms with Gasteiger partial charge in [-0.3, -0.25) is 25.2 Å². The summed E-state index contributed by atoms with van der Waals surface area (Å²) in [6.07, 6.45) is 1.54. The number of amides is 3. The predicted molar refractivity (Wildman–Crippen MR) is 112 cm³/mol. The van der Waals surface area contributed by atoms with E-state index in [1.165, 1.54) is 7.11 Å². The van der Waals surface area contributed by atoms with Gasteiger partial charge in [-0.25, -0.2) is 0 Å². The highest BCUT2D eigenvalue weighted by atomic mass is 16.5. The molecule has 0 unspecified atom stereocenters. The Bertz CT molecular complexity index is 927. The summed E-state index contributed by atoms with van der Waals surface area (Å²) in [5, 5.41) is 0. The van der Waals surface area contributed by atoms with Gasteiger partial charge in [-0.2, -0.15) is 0 Å². The van der Waals surface area contributed by atoms with E-state index in [0.717, 1.165) is 24.2 Å². The quantitative estimate of drug-likeness (QED) is 0.681. The molecule has 2 N–H and O–H groups in total. The van der Waals surface area contributed by atoms with Crippen molar-refractivity contribution in [1.82, 2.24) is 10.9 Å². The number of hydrogen-bond donors (Lipinski definition) is 2. The summed E-state index contributed by atoms with van der Waals surface area (Å²) >= 11 is 0. The topological polar surface area (TPSA) is 97.0 Å². The number of nitrogens with one attached hydrogen (secondary N) is 2. The average molecular weight is 411 g/mol. The van der Waals surface area contributed by atoms with Crippen LogP contribution < -0.4 is 25.2 Å². The van der Waals surface area contributed by atoms with Crippen LogP contribution in [-0.4, -0.2) is 38.0 Å². The summed E-state index contributed by atoms with van der Waals surface area (Å²) in [4.78, 5) is 38.0. The summed E-state index contributed by atoms with van der Waals surface area (Å²) < 4.78 is 10.7. The average Bonchev–Trinajstić information content (AvgIpc) is 3.19. The second kappa shape index (κ2) is 9.78. The van der Waals surface area contributed by atoms with E-state index in [-0.39, 0.29) is 18.2 Å². The normalized spacial score (nSPS) is 13.1. The third-order valence-electron chi connectivity index (χ3n) is 4.73. The lowest BCUT2D eigenvalue weighted by molar-refractivity contribution is -0.121. The van der Waals surface area contributed by atoms with E-state index in [1.54, 1.807) is 35.2 Å². The minimum atomic E-state index is -0.465. The molecule has 1 fully saturated rings. The van der Waals surface area contributed by atoms with Gasteiger partial charge in [0.05, 0.1) is 20.1 Å². The predicted octanol–water partition coefficient (Wildman–Crippen LogP) is 2.22. The second-order valence-electron chi connectivity index (χ2n) is 6.79. The molecule has 158 valence electrons. The van der Waals surface area contributed by atoms with Crippen molar-refractivity contribution in [2.45, 2.75) is 26.2 Å². The molecule has 0 atom stereocenters.